The molecule has 0 saturated heterocycles. The van der Waals surface area contributed by atoms with Crippen LogP contribution in [-0.4, -0.2) is 36.1 Å². The number of carbonyl (C=O) groups is 2. The Morgan fingerprint density at radius 3 is 2.19 bits per heavy atom. The maximum atomic E-state index is 11.6. The van der Waals surface area contributed by atoms with Crippen LogP contribution in [0.3, 0.4) is 0 Å². The average molecular weight is 300 g/mol. The van der Waals surface area contributed by atoms with Gasteiger partial charge in [0.2, 0.25) is 11.8 Å². The molecule has 0 aromatic heterocycles. The minimum Gasteiger partial charge on any atom is -0.383 e. The summed E-state index contributed by atoms with van der Waals surface area (Å²) in [5, 5.41) is 15.2. The van der Waals surface area contributed by atoms with Crippen LogP contribution in [0.15, 0.2) is 0 Å². The summed E-state index contributed by atoms with van der Waals surface area (Å²) in [5.74, 6) is -0.481. The molecule has 2 amide bonds. The van der Waals surface area contributed by atoms with Crippen molar-refractivity contribution in [1.82, 2.24) is 10.6 Å². The van der Waals surface area contributed by atoms with Crippen LogP contribution in [0.5, 0.6) is 0 Å². The number of hydrogen-bond donors (Lipinski definition) is 3. The van der Waals surface area contributed by atoms with Gasteiger partial charge in [0, 0.05) is 19.5 Å². The summed E-state index contributed by atoms with van der Waals surface area (Å²) >= 11 is 0. The lowest BCUT2D eigenvalue weighted by Crippen LogP contribution is -2.43. The zero-order chi connectivity index (χ0) is 16.3. The highest BCUT2D eigenvalue weighted by Gasteiger charge is 2.28. The van der Waals surface area contributed by atoms with Crippen LogP contribution < -0.4 is 10.6 Å². The second kappa shape index (κ2) is 10.6. The fraction of sp³-hybridized carbons (Fsp3) is 0.875. The van der Waals surface area contributed by atoms with E-state index >= 15 is 0 Å². The van der Waals surface area contributed by atoms with Crippen molar-refractivity contribution in [3.63, 3.8) is 0 Å². The molecule has 1 atom stereocenters. The number of rotatable bonds is 10. The first-order valence-corrected chi connectivity index (χ1v) is 8.01. The van der Waals surface area contributed by atoms with Gasteiger partial charge in [-0.2, -0.15) is 0 Å². The molecule has 124 valence electrons. The Balaban J connectivity index is 3.64. The van der Waals surface area contributed by atoms with Crippen molar-refractivity contribution in [2.45, 2.75) is 72.3 Å². The van der Waals surface area contributed by atoms with E-state index in [2.05, 4.69) is 17.6 Å². The number of nitrogens with one attached hydrogen (secondary N) is 2. The molecule has 5 nitrogen and oxygen atoms in total. The predicted octanol–water partition coefficient (Wildman–Crippen LogP) is 1.99. The summed E-state index contributed by atoms with van der Waals surface area (Å²) < 4.78 is 0. The summed E-state index contributed by atoms with van der Waals surface area (Å²) in [6, 6.07) is 0. The Kier molecular flexibility index (Phi) is 10.0. The van der Waals surface area contributed by atoms with Gasteiger partial charge in [-0.05, 0) is 11.8 Å². The summed E-state index contributed by atoms with van der Waals surface area (Å²) in [4.78, 5) is 23.2. The molecule has 0 saturated carbocycles. The Morgan fingerprint density at radius 1 is 1.00 bits per heavy atom. The molecule has 5 heteroatoms. The molecule has 0 aliphatic rings. The molecule has 0 spiro atoms. The maximum absolute atomic E-state index is 11.6. The molecule has 0 aromatic rings. The van der Waals surface area contributed by atoms with Crippen LogP contribution in [-0.2, 0) is 9.59 Å². The molecule has 0 aromatic carbocycles. The topological polar surface area (TPSA) is 78.4 Å². The van der Waals surface area contributed by atoms with E-state index in [1.54, 1.807) is 20.8 Å². The second-order valence-corrected chi connectivity index (χ2v) is 6.57. The van der Waals surface area contributed by atoms with E-state index in [1.165, 1.54) is 19.3 Å². The maximum Gasteiger partial charge on any atom is 0.249 e. The summed E-state index contributed by atoms with van der Waals surface area (Å²) in [6.07, 6.45) is 5.01. The minimum atomic E-state index is -1.06. The van der Waals surface area contributed by atoms with E-state index in [0.29, 0.717) is 6.54 Å². The van der Waals surface area contributed by atoms with E-state index < -0.39 is 17.4 Å². The van der Waals surface area contributed by atoms with Crippen LogP contribution in [0, 0.1) is 5.41 Å². The van der Waals surface area contributed by atoms with Gasteiger partial charge in [-0.1, -0.05) is 53.4 Å². The lowest BCUT2D eigenvalue weighted by atomic mass is 9.89. The van der Waals surface area contributed by atoms with Crippen molar-refractivity contribution in [2.75, 3.05) is 13.1 Å². The monoisotopic (exact) mass is 300 g/mol. The van der Waals surface area contributed by atoms with Gasteiger partial charge in [0.05, 0.1) is 0 Å². The summed E-state index contributed by atoms with van der Waals surface area (Å²) in [7, 11) is 0. The van der Waals surface area contributed by atoms with Crippen LogP contribution in [0.25, 0.3) is 0 Å². The van der Waals surface area contributed by atoms with Gasteiger partial charge < -0.3 is 15.7 Å². The van der Waals surface area contributed by atoms with E-state index in [1.807, 2.05) is 0 Å². The van der Waals surface area contributed by atoms with Crippen LogP contribution in [0.4, 0.5) is 0 Å². The van der Waals surface area contributed by atoms with Crippen molar-refractivity contribution in [3.05, 3.63) is 0 Å². The highest BCUT2D eigenvalue weighted by atomic mass is 16.3. The van der Waals surface area contributed by atoms with Crippen molar-refractivity contribution in [1.29, 1.82) is 0 Å². The quantitative estimate of drug-likeness (QED) is 0.540. The SMILES string of the molecule is CCCCCCCNC(=O)CCNC(=O)[C@H](O)C(C)(C)C. The molecule has 0 aliphatic carbocycles. The van der Waals surface area contributed by atoms with Crippen molar-refractivity contribution < 1.29 is 14.7 Å². The first kappa shape index (κ1) is 19.9. The van der Waals surface area contributed by atoms with Gasteiger partial charge in [-0.15, -0.1) is 0 Å². The molecule has 0 rings (SSSR count). The summed E-state index contributed by atoms with van der Waals surface area (Å²) in [6.45, 7) is 8.51. The van der Waals surface area contributed by atoms with Gasteiger partial charge in [0.15, 0.2) is 0 Å². The van der Waals surface area contributed by atoms with Gasteiger partial charge in [-0.3, -0.25) is 9.59 Å². The number of amides is 2. The number of aliphatic hydroxyl groups is 1. The number of aliphatic hydroxyl groups excluding tert-OH is 1. The van der Waals surface area contributed by atoms with E-state index in [4.69, 9.17) is 0 Å². The molecular formula is C16H32N2O3. The normalized spacial score (nSPS) is 12.8. The zero-order valence-corrected chi connectivity index (χ0v) is 14.0. The fourth-order valence-corrected chi connectivity index (χ4v) is 1.83. The Hall–Kier alpha value is -1.10. The predicted molar refractivity (Wildman–Crippen MR) is 84.9 cm³/mol. The third-order valence-corrected chi connectivity index (χ3v) is 3.32. The van der Waals surface area contributed by atoms with E-state index in [0.717, 1.165) is 12.8 Å². The van der Waals surface area contributed by atoms with E-state index in [-0.39, 0.29) is 18.9 Å². The smallest absolute Gasteiger partial charge is 0.249 e. The average Bonchev–Trinajstić information content (AvgIpc) is 2.40. The standard InChI is InChI=1S/C16H32N2O3/c1-5-6-7-8-9-11-17-13(19)10-12-18-15(21)14(20)16(2,3)4/h14,20H,5-12H2,1-4H3,(H,17,19)(H,18,21)/t14-/m0/s1. The first-order valence-electron chi connectivity index (χ1n) is 8.01. The number of unbranched alkanes of at least 4 members (excludes halogenated alkanes) is 4. The van der Waals surface area contributed by atoms with Crippen LogP contribution in [0.2, 0.25) is 0 Å². The molecule has 0 unspecified atom stereocenters. The summed E-state index contributed by atoms with van der Waals surface area (Å²) in [5.41, 5.74) is -0.495. The second-order valence-electron chi connectivity index (χ2n) is 6.57. The highest BCUT2D eigenvalue weighted by molar-refractivity contribution is 5.82. The Bertz CT molecular complexity index is 311. The third kappa shape index (κ3) is 10.3. The fourth-order valence-electron chi connectivity index (χ4n) is 1.83. The molecule has 0 aliphatic heterocycles. The van der Waals surface area contributed by atoms with Gasteiger partial charge in [0.1, 0.15) is 6.10 Å². The molecular weight excluding hydrogens is 268 g/mol. The van der Waals surface area contributed by atoms with Crippen LogP contribution >= 0.6 is 0 Å². The molecule has 0 radical (unpaired) electrons. The Morgan fingerprint density at radius 2 is 1.62 bits per heavy atom. The number of carbonyl (C=O) groups excluding carboxylic acids is 2. The minimum absolute atomic E-state index is 0.0592. The lowest BCUT2D eigenvalue weighted by Gasteiger charge is -2.24. The van der Waals surface area contributed by atoms with Gasteiger partial charge in [-0.25, -0.2) is 0 Å². The first-order chi connectivity index (χ1) is 9.79. The van der Waals surface area contributed by atoms with Crippen molar-refractivity contribution in [3.8, 4) is 0 Å². The van der Waals surface area contributed by atoms with Gasteiger partial charge >= 0.3 is 0 Å². The molecule has 21 heavy (non-hydrogen) atoms. The molecule has 0 fully saturated rings. The zero-order valence-electron chi connectivity index (χ0n) is 14.0. The molecule has 0 bridgehead atoms. The van der Waals surface area contributed by atoms with Crippen molar-refractivity contribution >= 4 is 11.8 Å². The van der Waals surface area contributed by atoms with E-state index in [9.17, 15) is 14.7 Å². The highest BCUT2D eigenvalue weighted by Crippen LogP contribution is 2.18. The molecule has 0 heterocycles. The Labute approximate surface area is 128 Å². The van der Waals surface area contributed by atoms with Crippen molar-refractivity contribution in [2.24, 2.45) is 5.41 Å². The van der Waals surface area contributed by atoms with Gasteiger partial charge in [0.25, 0.3) is 0 Å². The lowest BCUT2D eigenvalue weighted by molar-refractivity contribution is -0.134. The third-order valence-electron chi connectivity index (χ3n) is 3.32. The number of hydrogen-bond acceptors (Lipinski definition) is 3. The largest absolute Gasteiger partial charge is 0.383 e. The molecule has 3 N–H and O–H groups in total. The van der Waals surface area contributed by atoms with Crippen LogP contribution in [0.1, 0.15) is 66.2 Å².